The highest BCUT2D eigenvalue weighted by Gasteiger charge is 2.33. The number of Topliss-reactive ketones (excluding diaryl/α,β-unsaturated/α-hetero) is 1. The van der Waals surface area contributed by atoms with Gasteiger partial charge in [-0.25, -0.2) is 9.79 Å². The molecule has 2 aromatic rings. The van der Waals surface area contributed by atoms with Crippen LogP contribution in [0.15, 0.2) is 52.4 Å². The molecule has 9 heteroatoms. The van der Waals surface area contributed by atoms with Gasteiger partial charge < -0.3 is 14.9 Å². The first-order valence-corrected chi connectivity index (χ1v) is 11.2. The van der Waals surface area contributed by atoms with Gasteiger partial charge in [-0.15, -0.1) is 0 Å². The van der Waals surface area contributed by atoms with E-state index < -0.39 is 12.1 Å². The van der Waals surface area contributed by atoms with Gasteiger partial charge in [0, 0.05) is 12.1 Å². The van der Waals surface area contributed by atoms with Crippen molar-refractivity contribution in [2.45, 2.75) is 33.3 Å². The first-order chi connectivity index (χ1) is 15.7. The maximum Gasteiger partial charge on any atom is 0.338 e. The predicted molar refractivity (Wildman–Crippen MR) is 127 cm³/mol. The van der Waals surface area contributed by atoms with Crippen molar-refractivity contribution in [2.75, 3.05) is 6.54 Å². The number of amidine groups is 1. The molecule has 1 saturated heterocycles. The summed E-state index contributed by atoms with van der Waals surface area (Å²) in [5, 5.41) is 19.4. The highest BCUT2D eigenvalue weighted by molar-refractivity contribution is 8.18. The monoisotopic (exact) mass is 468 g/mol. The van der Waals surface area contributed by atoms with Crippen molar-refractivity contribution in [3.05, 3.63) is 58.5 Å². The zero-order valence-corrected chi connectivity index (χ0v) is 19.3. The Labute approximate surface area is 195 Å². The Morgan fingerprint density at radius 1 is 1.21 bits per heavy atom. The number of carboxylic acid groups (broad SMARTS) is 1. The van der Waals surface area contributed by atoms with Crippen molar-refractivity contribution in [1.29, 1.82) is 0 Å². The third-order valence-electron chi connectivity index (χ3n) is 4.93. The molecule has 0 aromatic heterocycles. The summed E-state index contributed by atoms with van der Waals surface area (Å²) in [5.41, 5.74) is 0.602. The van der Waals surface area contributed by atoms with Gasteiger partial charge in [0.05, 0.1) is 16.2 Å². The van der Waals surface area contributed by atoms with Gasteiger partial charge in [0.2, 0.25) is 0 Å². The number of amides is 1. The van der Waals surface area contributed by atoms with E-state index in [4.69, 9.17) is 4.74 Å². The number of aromatic carboxylic acids is 1. The molecule has 1 unspecified atom stereocenters. The molecule has 1 fully saturated rings. The van der Waals surface area contributed by atoms with E-state index in [1.165, 1.54) is 24.0 Å². The van der Waals surface area contributed by atoms with Crippen molar-refractivity contribution < 1.29 is 29.3 Å². The lowest BCUT2D eigenvalue weighted by Crippen LogP contribution is -2.28. The van der Waals surface area contributed by atoms with Gasteiger partial charge in [-0.2, -0.15) is 0 Å². The van der Waals surface area contributed by atoms with Crippen LogP contribution in [0.2, 0.25) is 0 Å². The third kappa shape index (κ3) is 5.43. The van der Waals surface area contributed by atoms with Gasteiger partial charge in [0.1, 0.15) is 11.5 Å². The summed E-state index contributed by atoms with van der Waals surface area (Å²) in [6, 6.07) is 11.0. The quantitative estimate of drug-likeness (QED) is 0.549. The van der Waals surface area contributed by atoms with Crippen LogP contribution in [-0.4, -0.2) is 50.6 Å². The molecule has 1 aliphatic heterocycles. The number of carboxylic acids is 1. The molecular formula is C24H24N2O6S. The predicted octanol–water partition coefficient (Wildman–Crippen LogP) is 4.46. The Bertz CT molecular complexity index is 1160. The van der Waals surface area contributed by atoms with E-state index in [9.17, 15) is 24.6 Å². The molecule has 0 radical (unpaired) electrons. The molecule has 2 N–H and O–H groups in total. The van der Waals surface area contributed by atoms with Crippen LogP contribution in [0, 0.1) is 0 Å². The Hall–Kier alpha value is -3.59. The van der Waals surface area contributed by atoms with Crippen LogP contribution in [0.4, 0.5) is 5.69 Å². The Morgan fingerprint density at radius 3 is 2.58 bits per heavy atom. The van der Waals surface area contributed by atoms with E-state index in [2.05, 4.69) is 4.99 Å². The lowest BCUT2D eigenvalue weighted by atomic mass is 10.1. The van der Waals surface area contributed by atoms with E-state index >= 15 is 0 Å². The first kappa shape index (κ1) is 24.1. The topological polar surface area (TPSA) is 116 Å². The number of carbonyl (C=O) groups excluding carboxylic acids is 2. The smallest absolute Gasteiger partial charge is 0.338 e. The summed E-state index contributed by atoms with van der Waals surface area (Å²) in [6.45, 7) is 5.47. The number of likely N-dealkylation sites (N-methyl/N-ethyl adjacent to an activating group) is 1. The molecule has 172 valence electrons. The molecule has 1 heterocycles. The molecule has 8 nitrogen and oxygen atoms in total. The van der Waals surface area contributed by atoms with Gasteiger partial charge in [-0.3, -0.25) is 14.5 Å². The third-order valence-corrected chi connectivity index (χ3v) is 5.94. The number of ether oxygens (including phenoxy) is 1. The normalized spacial score (nSPS) is 16.9. The minimum Gasteiger partial charge on any atom is -0.508 e. The SMILES string of the molecule is CCC(Oc1ccccc1/C=C1\SC(=Nc2ccc(O)cc2C(=O)O)N(CC)C1=O)C(C)=O. The Morgan fingerprint density at radius 2 is 1.94 bits per heavy atom. The van der Waals surface area contributed by atoms with Gasteiger partial charge in [0.15, 0.2) is 17.1 Å². The largest absolute Gasteiger partial charge is 0.508 e. The lowest BCUT2D eigenvalue weighted by Gasteiger charge is -2.16. The second-order valence-corrected chi connectivity index (χ2v) is 8.23. The summed E-state index contributed by atoms with van der Waals surface area (Å²) in [6.07, 6.45) is 1.62. The van der Waals surface area contributed by atoms with Gasteiger partial charge in [-0.05, 0) is 62.4 Å². The van der Waals surface area contributed by atoms with Crippen LogP contribution in [0.5, 0.6) is 11.5 Å². The van der Waals surface area contributed by atoms with Crippen LogP contribution < -0.4 is 4.74 Å². The summed E-state index contributed by atoms with van der Waals surface area (Å²) < 4.78 is 5.88. The molecule has 3 rings (SSSR count). The molecule has 2 aromatic carbocycles. The van der Waals surface area contributed by atoms with Crippen LogP contribution in [-0.2, 0) is 9.59 Å². The van der Waals surface area contributed by atoms with Crippen molar-refractivity contribution in [2.24, 2.45) is 4.99 Å². The summed E-state index contributed by atoms with van der Waals surface area (Å²) >= 11 is 1.11. The molecule has 0 saturated carbocycles. The number of thioether (sulfide) groups is 1. The van der Waals surface area contributed by atoms with E-state index in [0.717, 1.165) is 17.8 Å². The van der Waals surface area contributed by atoms with Crippen LogP contribution in [0.25, 0.3) is 6.08 Å². The van der Waals surface area contributed by atoms with Crippen LogP contribution in [0.1, 0.15) is 43.1 Å². The van der Waals surface area contributed by atoms with E-state index in [1.807, 2.05) is 6.92 Å². The zero-order chi connectivity index (χ0) is 24.1. The Balaban J connectivity index is 1.98. The minimum absolute atomic E-state index is 0.0824. The van der Waals surface area contributed by atoms with Crippen LogP contribution in [0.3, 0.4) is 0 Å². The van der Waals surface area contributed by atoms with Gasteiger partial charge in [-0.1, -0.05) is 25.1 Å². The second kappa shape index (κ2) is 10.4. The number of aromatic hydroxyl groups is 1. The number of benzene rings is 2. The average molecular weight is 469 g/mol. The molecule has 0 bridgehead atoms. The Kier molecular flexibility index (Phi) is 7.55. The molecule has 1 amide bonds. The summed E-state index contributed by atoms with van der Waals surface area (Å²) in [5.74, 6) is -1.29. The summed E-state index contributed by atoms with van der Waals surface area (Å²) in [4.78, 5) is 42.6. The maximum atomic E-state index is 13.0. The standard InChI is InChI=1S/C24H24N2O6S/c1-4-19(14(3)27)32-20-9-7-6-8-15(20)12-21-22(29)26(5-2)24(33-21)25-18-11-10-16(28)13-17(18)23(30)31/h6-13,19,28H,4-5H2,1-3H3,(H,30,31)/b21-12-,25-24?. The minimum atomic E-state index is -1.24. The molecule has 0 aliphatic carbocycles. The molecular weight excluding hydrogens is 444 g/mol. The average Bonchev–Trinajstić information content (AvgIpc) is 3.07. The number of rotatable bonds is 8. The van der Waals surface area contributed by atoms with Crippen molar-refractivity contribution in [1.82, 2.24) is 4.90 Å². The first-order valence-electron chi connectivity index (χ1n) is 10.4. The van der Waals surface area contributed by atoms with E-state index in [-0.39, 0.29) is 28.7 Å². The maximum absolute atomic E-state index is 13.0. The molecule has 33 heavy (non-hydrogen) atoms. The fourth-order valence-corrected chi connectivity index (χ4v) is 4.27. The van der Waals surface area contributed by atoms with Gasteiger partial charge >= 0.3 is 5.97 Å². The number of ketones is 1. The fourth-order valence-electron chi connectivity index (χ4n) is 3.22. The number of hydrogen-bond donors (Lipinski definition) is 2. The number of phenolic OH excluding ortho intramolecular Hbond substituents is 1. The second-order valence-electron chi connectivity index (χ2n) is 7.22. The molecule has 1 aliphatic rings. The zero-order valence-electron chi connectivity index (χ0n) is 18.4. The molecule has 1 atom stereocenters. The number of para-hydroxylation sites is 1. The number of nitrogens with zero attached hydrogens (tertiary/aromatic N) is 2. The highest BCUT2D eigenvalue weighted by atomic mass is 32.2. The van der Waals surface area contributed by atoms with Gasteiger partial charge in [0.25, 0.3) is 5.91 Å². The molecule has 0 spiro atoms. The van der Waals surface area contributed by atoms with Crippen LogP contribution >= 0.6 is 11.8 Å². The van der Waals surface area contributed by atoms with Crippen molar-refractivity contribution >= 4 is 46.4 Å². The number of phenols is 1. The van der Waals surface area contributed by atoms with Crippen molar-refractivity contribution in [3.8, 4) is 11.5 Å². The van der Waals surface area contributed by atoms with E-state index in [1.54, 1.807) is 37.3 Å². The van der Waals surface area contributed by atoms with E-state index in [0.29, 0.717) is 34.4 Å². The van der Waals surface area contributed by atoms with Crippen molar-refractivity contribution in [3.63, 3.8) is 0 Å². The number of carbonyl (C=O) groups is 3. The lowest BCUT2D eigenvalue weighted by molar-refractivity contribution is -0.124. The fraction of sp³-hybridized carbons (Fsp3) is 0.250. The highest BCUT2D eigenvalue weighted by Crippen LogP contribution is 2.36. The number of hydrogen-bond acceptors (Lipinski definition) is 7. The number of aliphatic imine (C=N–C) groups is 1. The summed E-state index contributed by atoms with van der Waals surface area (Å²) in [7, 11) is 0.